The fourth-order valence-corrected chi connectivity index (χ4v) is 3.52. The smallest absolute Gasteiger partial charge is 0.269 e. The van der Waals surface area contributed by atoms with Crippen LogP contribution in [0.4, 0.5) is 5.69 Å². The molecule has 0 spiro atoms. The van der Waals surface area contributed by atoms with Gasteiger partial charge >= 0.3 is 0 Å². The van der Waals surface area contributed by atoms with Crippen LogP contribution in [0, 0.1) is 10.1 Å². The van der Waals surface area contributed by atoms with Crippen molar-refractivity contribution in [2.75, 3.05) is 13.2 Å². The van der Waals surface area contributed by atoms with Gasteiger partial charge in [-0.15, -0.1) is 22.0 Å². The zero-order valence-electron chi connectivity index (χ0n) is 14.3. The molecule has 27 heavy (non-hydrogen) atoms. The van der Waals surface area contributed by atoms with Crippen LogP contribution in [0.2, 0.25) is 0 Å². The van der Waals surface area contributed by atoms with Crippen molar-refractivity contribution in [3.63, 3.8) is 0 Å². The Kier molecular flexibility index (Phi) is 4.68. The topological polar surface area (TPSA) is 101 Å². The van der Waals surface area contributed by atoms with Gasteiger partial charge < -0.3 is 13.9 Å². The highest BCUT2D eigenvalue weighted by Gasteiger charge is 2.19. The van der Waals surface area contributed by atoms with Crippen LogP contribution in [0.5, 0.6) is 11.5 Å². The summed E-state index contributed by atoms with van der Waals surface area (Å²) in [6.45, 7) is 3.07. The molecule has 0 amide bonds. The highest BCUT2D eigenvalue weighted by Crippen LogP contribution is 2.40. The molecule has 0 saturated heterocycles. The molecule has 8 nitrogen and oxygen atoms in total. The summed E-state index contributed by atoms with van der Waals surface area (Å²) in [4.78, 5) is 11.3. The summed E-state index contributed by atoms with van der Waals surface area (Å²) >= 11 is 1.56. The first-order valence-electron chi connectivity index (χ1n) is 8.25. The number of hydrogen-bond acceptors (Lipinski definition) is 8. The van der Waals surface area contributed by atoms with Crippen LogP contribution >= 0.6 is 11.8 Å². The molecule has 9 heteroatoms. The number of ether oxygens (including phenoxy) is 2. The van der Waals surface area contributed by atoms with E-state index in [0.717, 1.165) is 16.4 Å². The molecule has 1 aliphatic rings. The molecule has 0 saturated carbocycles. The van der Waals surface area contributed by atoms with Gasteiger partial charge in [-0.05, 0) is 37.3 Å². The molecule has 2 aromatic carbocycles. The minimum Gasteiger partial charge on any atom is -0.486 e. The van der Waals surface area contributed by atoms with Gasteiger partial charge in [0, 0.05) is 22.6 Å². The Balaban J connectivity index is 1.48. The number of aromatic nitrogens is 2. The lowest BCUT2D eigenvalue weighted by Crippen LogP contribution is -2.15. The van der Waals surface area contributed by atoms with E-state index in [4.69, 9.17) is 13.9 Å². The Morgan fingerprint density at radius 1 is 1.07 bits per heavy atom. The average molecular weight is 385 g/mol. The number of fused-ring (bicyclic) bond motifs is 1. The Morgan fingerprint density at radius 2 is 1.81 bits per heavy atom. The Morgan fingerprint density at radius 3 is 2.56 bits per heavy atom. The van der Waals surface area contributed by atoms with E-state index in [1.807, 2.05) is 25.1 Å². The SMILES string of the molecule is CC(Sc1ccc2c(c1)OCCO2)c1nnc(-c2ccc([N+](=O)[O-])cc2)o1. The highest BCUT2D eigenvalue weighted by atomic mass is 32.2. The van der Waals surface area contributed by atoms with Gasteiger partial charge in [-0.1, -0.05) is 0 Å². The molecule has 0 radical (unpaired) electrons. The molecule has 1 atom stereocenters. The normalized spacial score (nSPS) is 14.0. The zero-order chi connectivity index (χ0) is 18.8. The lowest BCUT2D eigenvalue weighted by Gasteiger charge is -2.19. The summed E-state index contributed by atoms with van der Waals surface area (Å²) in [6, 6.07) is 11.8. The van der Waals surface area contributed by atoms with E-state index in [9.17, 15) is 10.1 Å². The molecule has 2 heterocycles. The van der Waals surface area contributed by atoms with Gasteiger partial charge in [0.05, 0.1) is 10.2 Å². The molecule has 1 aromatic heterocycles. The van der Waals surface area contributed by atoms with Gasteiger partial charge in [0.25, 0.3) is 5.69 Å². The Labute approximate surface area is 158 Å². The number of benzene rings is 2. The van der Waals surface area contributed by atoms with Crippen molar-refractivity contribution in [3.05, 3.63) is 58.5 Å². The van der Waals surface area contributed by atoms with Crippen LogP contribution in [0.1, 0.15) is 18.1 Å². The molecule has 0 N–H and O–H groups in total. The zero-order valence-corrected chi connectivity index (χ0v) is 15.1. The molecule has 1 unspecified atom stereocenters. The standard InChI is InChI=1S/C18H15N3O5S/c1-11(27-14-6-7-15-16(10-14)25-9-8-24-15)17-19-20-18(26-17)12-2-4-13(5-3-12)21(22)23/h2-7,10-11H,8-9H2,1H3. The first-order chi connectivity index (χ1) is 13.1. The van der Waals surface area contributed by atoms with E-state index in [1.165, 1.54) is 12.1 Å². The molecule has 0 fully saturated rings. The van der Waals surface area contributed by atoms with Crippen LogP contribution in [0.15, 0.2) is 51.8 Å². The summed E-state index contributed by atoms with van der Waals surface area (Å²) in [5.74, 6) is 2.28. The minimum atomic E-state index is -0.449. The third-order valence-electron chi connectivity index (χ3n) is 3.94. The maximum Gasteiger partial charge on any atom is 0.269 e. The van der Waals surface area contributed by atoms with Crippen molar-refractivity contribution in [2.24, 2.45) is 0 Å². The predicted molar refractivity (Wildman–Crippen MR) is 98.1 cm³/mol. The molecular weight excluding hydrogens is 370 g/mol. The highest BCUT2D eigenvalue weighted by molar-refractivity contribution is 7.99. The van der Waals surface area contributed by atoms with Gasteiger partial charge in [-0.2, -0.15) is 0 Å². The number of non-ortho nitro benzene ring substituents is 1. The quantitative estimate of drug-likeness (QED) is 0.365. The predicted octanol–water partition coefficient (Wildman–Crippen LogP) is 4.27. The second-order valence-corrected chi connectivity index (χ2v) is 7.23. The number of hydrogen-bond donors (Lipinski definition) is 0. The van der Waals surface area contributed by atoms with E-state index in [2.05, 4.69) is 10.2 Å². The van der Waals surface area contributed by atoms with Crippen LogP contribution in [0.25, 0.3) is 11.5 Å². The molecule has 3 aromatic rings. The molecule has 4 rings (SSSR count). The van der Waals surface area contributed by atoms with Gasteiger partial charge in [-0.3, -0.25) is 10.1 Å². The number of nitro groups is 1. The van der Waals surface area contributed by atoms with E-state index in [-0.39, 0.29) is 10.9 Å². The molecule has 1 aliphatic heterocycles. The number of thioether (sulfide) groups is 1. The third-order valence-corrected chi connectivity index (χ3v) is 5.02. The van der Waals surface area contributed by atoms with Gasteiger partial charge in [-0.25, -0.2) is 0 Å². The van der Waals surface area contributed by atoms with E-state index in [0.29, 0.717) is 30.6 Å². The van der Waals surface area contributed by atoms with Crippen LogP contribution in [-0.4, -0.2) is 28.3 Å². The Bertz CT molecular complexity index is 973. The number of nitrogens with zero attached hydrogens (tertiary/aromatic N) is 3. The van der Waals surface area contributed by atoms with Crippen molar-refractivity contribution < 1.29 is 18.8 Å². The first-order valence-corrected chi connectivity index (χ1v) is 9.12. The van der Waals surface area contributed by atoms with Crippen molar-refractivity contribution in [1.82, 2.24) is 10.2 Å². The van der Waals surface area contributed by atoms with Crippen molar-refractivity contribution in [3.8, 4) is 23.0 Å². The van der Waals surface area contributed by atoms with Crippen molar-refractivity contribution in [2.45, 2.75) is 17.1 Å². The average Bonchev–Trinajstić information content (AvgIpc) is 3.18. The number of nitro benzene ring substituents is 1. The van der Waals surface area contributed by atoms with Crippen LogP contribution in [0.3, 0.4) is 0 Å². The fourth-order valence-electron chi connectivity index (χ4n) is 2.59. The van der Waals surface area contributed by atoms with Crippen LogP contribution < -0.4 is 9.47 Å². The largest absolute Gasteiger partial charge is 0.486 e. The van der Waals surface area contributed by atoms with Crippen LogP contribution in [-0.2, 0) is 0 Å². The summed E-state index contributed by atoms with van der Waals surface area (Å²) in [5.41, 5.74) is 0.650. The summed E-state index contributed by atoms with van der Waals surface area (Å²) < 4.78 is 16.9. The monoisotopic (exact) mass is 385 g/mol. The summed E-state index contributed by atoms with van der Waals surface area (Å²) in [5, 5.41) is 18.8. The van der Waals surface area contributed by atoms with Gasteiger partial charge in [0.2, 0.25) is 11.8 Å². The first kappa shape index (κ1) is 17.3. The van der Waals surface area contributed by atoms with Gasteiger partial charge in [0.15, 0.2) is 11.5 Å². The van der Waals surface area contributed by atoms with Crippen molar-refractivity contribution >= 4 is 17.4 Å². The summed E-state index contributed by atoms with van der Waals surface area (Å²) in [7, 11) is 0. The maximum atomic E-state index is 10.7. The third kappa shape index (κ3) is 3.72. The maximum absolute atomic E-state index is 10.7. The Hall–Kier alpha value is -3.07. The van der Waals surface area contributed by atoms with E-state index in [1.54, 1.807) is 23.9 Å². The number of rotatable bonds is 5. The fraction of sp³-hybridized carbons (Fsp3) is 0.222. The second kappa shape index (κ2) is 7.28. The molecule has 0 bridgehead atoms. The van der Waals surface area contributed by atoms with Crippen molar-refractivity contribution in [1.29, 1.82) is 0 Å². The molecule has 0 aliphatic carbocycles. The van der Waals surface area contributed by atoms with Gasteiger partial charge in [0.1, 0.15) is 13.2 Å². The van der Waals surface area contributed by atoms with E-state index < -0.39 is 4.92 Å². The second-order valence-electron chi connectivity index (χ2n) is 5.81. The molecule has 138 valence electrons. The summed E-state index contributed by atoms with van der Waals surface area (Å²) in [6.07, 6.45) is 0. The minimum absolute atomic E-state index is 0.0148. The lowest BCUT2D eigenvalue weighted by atomic mass is 10.2. The lowest BCUT2D eigenvalue weighted by molar-refractivity contribution is -0.384. The molecular formula is C18H15N3O5S. The van der Waals surface area contributed by atoms with E-state index >= 15 is 0 Å².